The van der Waals surface area contributed by atoms with E-state index < -0.39 is 36.8 Å². The fourth-order valence-electron chi connectivity index (χ4n) is 7.01. The third-order valence-corrected chi connectivity index (χ3v) is 9.94. The van der Waals surface area contributed by atoms with Crippen LogP contribution in [-0.2, 0) is 4.79 Å². The van der Waals surface area contributed by atoms with Crippen LogP contribution in [0.1, 0.15) is 50.1 Å². The van der Waals surface area contributed by atoms with Crippen LogP contribution < -0.4 is 9.64 Å². The maximum atomic E-state index is 15.2. The van der Waals surface area contributed by atoms with Gasteiger partial charge in [0.2, 0.25) is 5.95 Å². The van der Waals surface area contributed by atoms with Gasteiger partial charge in [-0.25, -0.2) is 14.4 Å². The minimum absolute atomic E-state index is 0.0581. The van der Waals surface area contributed by atoms with Crippen molar-refractivity contribution < 1.29 is 34.3 Å². The van der Waals surface area contributed by atoms with Crippen molar-refractivity contribution in [2.75, 3.05) is 63.9 Å². The molecule has 4 atom stereocenters. The van der Waals surface area contributed by atoms with Crippen LogP contribution >= 0.6 is 11.6 Å². The van der Waals surface area contributed by atoms with Crippen molar-refractivity contribution in [1.29, 1.82) is 0 Å². The van der Waals surface area contributed by atoms with Gasteiger partial charge < -0.3 is 34.9 Å². The summed E-state index contributed by atoms with van der Waals surface area (Å²) in [5.41, 5.74) is 0.405. The lowest BCUT2D eigenvalue weighted by Gasteiger charge is -2.55. The summed E-state index contributed by atoms with van der Waals surface area (Å²) < 4.78 is 21.1. The highest BCUT2D eigenvalue weighted by molar-refractivity contribution is 6.30. The van der Waals surface area contributed by atoms with E-state index in [4.69, 9.17) is 21.4 Å². The molecule has 45 heavy (non-hydrogen) atoms. The summed E-state index contributed by atoms with van der Waals surface area (Å²) in [5, 5.41) is 39.1. The van der Waals surface area contributed by atoms with Crippen LogP contribution in [0.2, 0.25) is 5.02 Å². The number of β-amino-alcohol motifs (C(OH)–C–C–N with tert-alkyl or cyclic N) is 1. The molecule has 0 radical (unpaired) electrons. The molecule has 13 heteroatoms. The lowest BCUT2D eigenvalue weighted by Crippen LogP contribution is -2.62. The molecular formula is C32H45ClFN5O6. The van der Waals surface area contributed by atoms with E-state index in [0.29, 0.717) is 47.9 Å². The topological polar surface area (TPSA) is 143 Å². The molecule has 3 saturated heterocycles. The summed E-state index contributed by atoms with van der Waals surface area (Å²) >= 11 is 5.89. The van der Waals surface area contributed by atoms with Gasteiger partial charge in [0.1, 0.15) is 30.1 Å². The van der Waals surface area contributed by atoms with E-state index in [1.807, 2.05) is 9.80 Å². The number of likely N-dealkylation sites (tertiary alicyclic amines) is 2. The first kappa shape index (κ1) is 33.9. The molecule has 0 aliphatic carbocycles. The second-order valence-corrected chi connectivity index (χ2v) is 13.3. The standard InChI is InChI=1S/C32H45ClFN5O6/c33-23-15-35-31(36-16-23)39-9-5-22(6-10-39)2-1-13-45-24-3-4-25(26(34)14-24)27(18-40)38-11-7-32(8-12-38)20-37(21-32)17-28(42)30(44)29(43)19-41/h3-4,14-16,18,22,27-30,41-44H,1-2,5-13,17,19-21H2/t27?,28-,29+,30-/m0/s1. The molecular weight excluding hydrogens is 605 g/mol. The van der Waals surface area contributed by atoms with Gasteiger partial charge in [-0.1, -0.05) is 17.7 Å². The molecule has 2 aromatic rings. The number of carbonyl (C=O) groups excluding carboxylic acids is 1. The molecule has 0 bridgehead atoms. The zero-order chi connectivity index (χ0) is 32.0. The van der Waals surface area contributed by atoms with E-state index in [9.17, 15) is 20.1 Å². The highest BCUT2D eigenvalue weighted by atomic mass is 35.5. The third-order valence-electron chi connectivity index (χ3n) is 9.74. The summed E-state index contributed by atoms with van der Waals surface area (Å²) in [7, 11) is 0. The summed E-state index contributed by atoms with van der Waals surface area (Å²) in [6.45, 7) is 4.68. The monoisotopic (exact) mass is 649 g/mol. The van der Waals surface area contributed by atoms with Crippen molar-refractivity contribution in [2.24, 2.45) is 11.3 Å². The molecule has 248 valence electrons. The number of piperidine rings is 2. The average Bonchev–Trinajstić information content (AvgIpc) is 3.04. The largest absolute Gasteiger partial charge is 0.493 e. The second kappa shape index (κ2) is 15.4. The van der Waals surface area contributed by atoms with Gasteiger partial charge in [-0.15, -0.1) is 0 Å². The lowest BCUT2D eigenvalue weighted by molar-refractivity contribution is -0.120. The van der Waals surface area contributed by atoms with Crippen LogP contribution in [0.25, 0.3) is 0 Å². The van der Waals surface area contributed by atoms with Gasteiger partial charge in [0.15, 0.2) is 0 Å². The van der Waals surface area contributed by atoms with Crippen molar-refractivity contribution in [3.63, 3.8) is 0 Å². The van der Waals surface area contributed by atoms with Gasteiger partial charge in [0.05, 0.1) is 42.8 Å². The molecule has 1 aromatic heterocycles. The zero-order valence-corrected chi connectivity index (χ0v) is 26.3. The number of benzene rings is 1. The first-order valence-electron chi connectivity index (χ1n) is 15.9. The average molecular weight is 650 g/mol. The van der Waals surface area contributed by atoms with Gasteiger partial charge in [-0.2, -0.15) is 0 Å². The number of anilines is 1. The first-order chi connectivity index (χ1) is 21.7. The van der Waals surface area contributed by atoms with Crippen LogP contribution in [0.15, 0.2) is 30.6 Å². The molecule has 11 nitrogen and oxygen atoms in total. The van der Waals surface area contributed by atoms with Gasteiger partial charge in [0.25, 0.3) is 0 Å². The van der Waals surface area contributed by atoms with E-state index in [1.54, 1.807) is 24.5 Å². The van der Waals surface area contributed by atoms with Crippen LogP contribution in [-0.4, -0.2) is 124 Å². The van der Waals surface area contributed by atoms with E-state index in [2.05, 4.69) is 14.9 Å². The number of aliphatic hydroxyl groups is 4. The molecule has 4 N–H and O–H groups in total. The number of nitrogens with zero attached hydrogens (tertiary/aromatic N) is 5. The number of hydrogen-bond donors (Lipinski definition) is 4. The Balaban J connectivity index is 1.02. The Hall–Kier alpha value is -2.45. The normalized spacial score (nSPS) is 22.0. The Morgan fingerprint density at radius 1 is 1.07 bits per heavy atom. The Kier molecular flexibility index (Phi) is 11.6. The fourth-order valence-corrected chi connectivity index (χ4v) is 7.10. The smallest absolute Gasteiger partial charge is 0.225 e. The minimum atomic E-state index is -1.40. The number of halogens is 2. The van der Waals surface area contributed by atoms with Crippen LogP contribution in [0.5, 0.6) is 5.75 Å². The summed E-state index contributed by atoms with van der Waals surface area (Å²) in [6, 6.07) is 4.09. The zero-order valence-electron chi connectivity index (χ0n) is 25.6. The lowest BCUT2D eigenvalue weighted by atomic mass is 9.71. The van der Waals surface area contributed by atoms with Gasteiger partial charge >= 0.3 is 0 Å². The van der Waals surface area contributed by atoms with Crippen molar-refractivity contribution >= 4 is 23.8 Å². The maximum absolute atomic E-state index is 15.2. The minimum Gasteiger partial charge on any atom is -0.493 e. The molecule has 1 spiro atoms. The maximum Gasteiger partial charge on any atom is 0.225 e. The van der Waals surface area contributed by atoms with Crippen LogP contribution in [0, 0.1) is 17.2 Å². The quantitative estimate of drug-likeness (QED) is 0.176. The molecule has 1 aromatic carbocycles. The van der Waals surface area contributed by atoms with E-state index >= 15 is 4.39 Å². The van der Waals surface area contributed by atoms with Crippen LogP contribution in [0.4, 0.5) is 10.3 Å². The molecule has 3 fully saturated rings. The summed E-state index contributed by atoms with van der Waals surface area (Å²) in [6.07, 6.45) is 5.80. The molecule has 4 heterocycles. The number of rotatable bonds is 14. The first-order valence-corrected chi connectivity index (χ1v) is 16.3. The molecule has 1 unspecified atom stereocenters. The SMILES string of the molecule is O=CC(c1ccc(OCCCC2CCN(c3ncc(Cl)cn3)CC2)cc1F)N1CCC2(CC1)CN(C[C@H](O)[C@H](O)[C@H](O)CO)C2. The van der Waals surface area contributed by atoms with Crippen molar-refractivity contribution in [3.05, 3.63) is 47.0 Å². The Morgan fingerprint density at radius 3 is 2.38 bits per heavy atom. The van der Waals surface area contributed by atoms with E-state index in [1.165, 1.54) is 6.07 Å². The number of aromatic nitrogens is 2. The Bertz CT molecular complexity index is 1240. The van der Waals surface area contributed by atoms with Crippen molar-refractivity contribution in [3.8, 4) is 5.75 Å². The number of aliphatic hydroxyl groups excluding tert-OH is 4. The second-order valence-electron chi connectivity index (χ2n) is 12.9. The number of aldehydes is 1. The predicted octanol–water partition coefficient (Wildman–Crippen LogP) is 2.06. The number of carbonyl (C=O) groups is 1. The fraction of sp³-hybridized carbons (Fsp3) is 0.656. The van der Waals surface area contributed by atoms with Crippen molar-refractivity contribution in [1.82, 2.24) is 19.8 Å². The van der Waals surface area contributed by atoms with Crippen LogP contribution in [0.3, 0.4) is 0 Å². The van der Waals surface area contributed by atoms with E-state index in [0.717, 1.165) is 71.0 Å². The molecule has 5 rings (SSSR count). The molecule has 0 saturated carbocycles. The van der Waals surface area contributed by atoms with Gasteiger partial charge in [0, 0.05) is 44.4 Å². The molecule has 0 amide bonds. The number of hydrogen-bond acceptors (Lipinski definition) is 11. The van der Waals surface area contributed by atoms with E-state index in [-0.39, 0.29) is 12.0 Å². The number of ether oxygens (including phenoxy) is 1. The summed E-state index contributed by atoms with van der Waals surface area (Å²) in [5.74, 6) is 1.32. The molecule has 3 aliphatic rings. The summed E-state index contributed by atoms with van der Waals surface area (Å²) in [4.78, 5) is 27.0. The predicted molar refractivity (Wildman–Crippen MR) is 167 cm³/mol. The van der Waals surface area contributed by atoms with Gasteiger partial charge in [-0.3, -0.25) is 9.80 Å². The van der Waals surface area contributed by atoms with Gasteiger partial charge in [-0.05, 0) is 69.0 Å². The molecule has 3 aliphatic heterocycles. The Morgan fingerprint density at radius 2 is 1.76 bits per heavy atom. The highest BCUT2D eigenvalue weighted by Gasteiger charge is 2.46. The van der Waals surface area contributed by atoms with Crippen molar-refractivity contribution in [2.45, 2.75) is 62.9 Å². The third kappa shape index (κ3) is 8.48. The Labute approximate surface area is 268 Å². The highest BCUT2D eigenvalue weighted by Crippen LogP contribution is 2.42.